The van der Waals surface area contributed by atoms with Gasteiger partial charge in [0.2, 0.25) is 5.91 Å². The molecule has 0 radical (unpaired) electrons. The molecule has 3 aromatic heterocycles. The summed E-state index contributed by atoms with van der Waals surface area (Å²) in [6.45, 7) is 1.70. The van der Waals surface area contributed by atoms with Gasteiger partial charge in [0.15, 0.2) is 5.13 Å². The molecule has 118 valence electrons. The summed E-state index contributed by atoms with van der Waals surface area (Å²) >= 11 is 1.55. The molecule has 0 aliphatic rings. The number of nitrogens with zero attached hydrogens (tertiary/aromatic N) is 3. The summed E-state index contributed by atoms with van der Waals surface area (Å²) in [7, 11) is 0. The van der Waals surface area contributed by atoms with E-state index in [4.69, 9.17) is 0 Å². The fourth-order valence-electron chi connectivity index (χ4n) is 2.03. The molecular formula is C16H17N5OS. The predicted octanol–water partition coefficient (Wildman–Crippen LogP) is 2.35. The topological polar surface area (TPSA) is 71.8 Å². The van der Waals surface area contributed by atoms with Crippen molar-refractivity contribution in [1.82, 2.24) is 19.9 Å². The number of carbonyl (C=O) groups excluding carboxylic acids is 1. The van der Waals surface area contributed by atoms with E-state index in [1.807, 2.05) is 35.7 Å². The summed E-state index contributed by atoms with van der Waals surface area (Å²) in [5.41, 5.74) is 1.74. The summed E-state index contributed by atoms with van der Waals surface area (Å²) in [5.74, 6) is 0.0293. The summed E-state index contributed by atoms with van der Waals surface area (Å²) in [4.78, 5) is 20.5. The van der Waals surface area contributed by atoms with E-state index in [9.17, 15) is 4.79 Å². The molecule has 0 aliphatic heterocycles. The van der Waals surface area contributed by atoms with Crippen LogP contribution in [-0.2, 0) is 0 Å². The zero-order valence-electron chi connectivity index (χ0n) is 12.5. The van der Waals surface area contributed by atoms with Crippen molar-refractivity contribution in [3.8, 4) is 11.4 Å². The normalized spacial score (nSPS) is 10.6. The number of anilines is 1. The van der Waals surface area contributed by atoms with E-state index in [0.29, 0.717) is 19.6 Å². The van der Waals surface area contributed by atoms with Gasteiger partial charge >= 0.3 is 0 Å². The number of aromatic nitrogens is 3. The van der Waals surface area contributed by atoms with Crippen LogP contribution in [0.3, 0.4) is 0 Å². The van der Waals surface area contributed by atoms with Crippen LogP contribution in [-0.4, -0.2) is 40.1 Å². The van der Waals surface area contributed by atoms with Gasteiger partial charge < -0.3 is 10.6 Å². The van der Waals surface area contributed by atoms with Crippen molar-refractivity contribution in [2.24, 2.45) is 0 Å². The Morgan fingerprint density at radius 3 is 2.78 bits per heavy atom. The molecule has 0 aliphatic carbocycles. The molecule has 7 heteroatoms. The molecule has 0 spiro atoms. The van der Waals surface area contributed by atoms with Crippen molar-refractivity contribution in [2.45, 2.75) is 0 Å². The number of carbonyl (C=O) groups is 1. The third-order valence-corrected chi connectivity index (χ3v) is 3.98. The number of hydrogen-bond donors (Lipinski definition) is 2. The Morgan fingerprint density at radius 1 is 1.13 bits per heavy atom. The summed E-state index contributed by atoms with van der Waals surface area (Å²) in [6.07, 6.45) is 5.25. The zero-order valence-corrected chi connectivity index (χ0v) is 13.3. The Bertz CT molecular complexity index is 739. The standard InChI is InChI=1S/C16H17N5OS/c22-15(21-9-3-4-10-21)11-17-7-8-19-16-20-14(12-23-16)13-5-1-2-6-18-13/h1-6,9-10,12,17H,7-8,11H2,(H,19,20). The first-order valence-corrected chi connectivity index (χ1v) is 8.18. The highest BCUT2D eigenvalue weighted by atomic mass is 32.1. The highest BCUT2D eigenvalue weighted by Gasteiger charge is 2.05. The van der Waals surface area contributed by atoms with E-state index in [1.165, 1.54) is 0 Å². The van der Waals surface area contributed by atoms with Crippen molar-refractivity contribution in [3.63, 3.8) is 0 Å². The van der Waals surface area contributed by atoms with Gasteiger partial charge in [-0.05, 0) is 24.3 Å². The lowest BCUT2D eigenvalue weighted by molar-refractivity contribution is 0.0913. The lowest BCUT2D eigenvalue weighted by Crippen LogP contribution is -2.30. The Hall–Kier alpha value is -2.51. The van der Waals surface area contributed by atoms with E-state index in [2.05, 4.69) is 20.6 Å². The van der Waals surface area contributed by atoms with Gasteiger partial charge in [-0.1, -0.05) is 6.07 Å². The Labute approximate surface area is 138 Å². The number of thiazole rings is 1. The maximum Gasteiger partial charge on any atom is 0.244 e. The number of pyridine rings is 1. The summed E-state index contributed by atoms with van der Waals surface area (Å²) in [5, 5.41) is 9.19. The average Bonchev–Trinajstić information content (AvgIpc) is 3.27. The van der Waals surface area contributed by atoms with Crippen molar-refractivity contribution in [3.05, 3.63) is 54.3 Å². The SMILES string of the molecule is O=C(CNCCNc1nc(-c2ccccn2)cs1)n1cccc1. The lowest BCUT2D eigenvalue weighted by atomic mass is 10.3. The molecule has 0 saturated heterocycles. The minimum atomic E-state index is 0.0293. The fourth-order valence-corrected chi connectivity index (χ4v) is 2.77. The van der Waals surface area contributed by atoms with E-state index in [-0.39, 0.29) is 5.91 Å². The monoisotopic (exact) mass is 327 g/mol. The van der Waals surface area contributed by atoms with Crippen LogP contribution >= 0.6 is 11.3 Å². The third-order valence-electron chi connectivity index (χ3n) is 3.18. The van der Waals surface area contributed by atoms with Gasteiger partial charge in [0.05, 0.1) is 12.2 Å². The first-order valence-electron chi connectivity index (χ1n) is 7.30. The first-order chi connectivity index (χ1) is 11.3. The second kappa shape index (κ2) is 7.66. The second-order valence-electron chi connectivity index (χ2n) is 4.84. The van der Waals surface area contributed by atoms with Crippen LogP contribution in [0.1, 0.15) is 4.79 Å². The highest BCUT2D eigenvalue weighted by Crippen LogP contribution is 2.22. The van der Waals surface area contributed by atoms with Gasteiger partial charge in [-0.25, -0.2) is 4.98 Å². The maximum absolute atomic E-state index is 11.8. The maximum atomic E-state index is 11.8. The Kier molecular flexibility index (Phi) is 5.13. The third kappa shape index (κ3) is 4.24. The van der Waals surface area contributed by atoms with Crippen molar-refractivity contribution in [1.29, 1.82) is 0 Å². The summed E-state index contributed by atoms with van der Waals surface area (Å²) in [6, 6.07) is 9.44. The van der Waals surface area contributed by atoms with Gasteiger partial charge in [-0.3, -0.25) is 14.3 Å². The Balaban J connectivity index is 1.40. The molecule has 0 aromatic carbocycles. The van der Waals surface area contributed by atoms with Gasteiger partial charge in [-0.15, -0.1) is 11.3 Å². The zero-order chi connectivity index (χ0) is 15.9. The van der Waals surface area contributed by atoms with Crippen molar-refractivity contribution < 1.29 is 4.79 Å². The molecule has 6 nitrogen and oxygen atoms in total. The van der Waals surface area contributed by atoms with Gasteiger partial charge in [0, 0.05) is 37.1 Å². The van der Waals surface area contributed by atoms with E-state index >= 15 is 0 Å². The smallest absolute Gasteiger partial charge is 0.244 e. The van der Waals surface area contributed by atoms with E-state index < -0.39 is 0 Å². The predicted molar refractivity (Wildman–Crippen MR) is 91.8 cm³/mol. The molecule has 3 rings (SSSR count). The minimum Gasteiger partial charge on any atom is -0.360 e. The molecule has 0 unspecified atom stereocenters. The van der Waals surface area contributed by atoms with E-state index in [1.54, 1.807) is 34.5 Å². The summed E-state index contributed by atoms with van der Waals surface area (Å²) < 4.78 is 1.57. The van der Waals surface area contributed by atoms with Crippen LogP contribution in [0.25, 0.3) is 11.4 Å². The average molecular weight is 327 g/mol. The molecular weight excluding hydrogens is 310 g/mol. The molecule has 0 bridgehead atoms. The second-order valence-corrected chi connectivity index (χ2v) is 5.70. The van der Waals surface area contributed by atoms with Crippen LogP contribution in [0, 0.1) is 0 Å². The molecule has 0 fully saturated rings. The molecule has 3 heterocycles. The number of rotatable bonds is 7. The van der Waals surface area contributed by atoms with Crippen LogP contribution in [0.4, 0.5) is 5.13 Å². The van der Waals surface area contributed by atoms with Crippen LogP contribution < -0.4 is 10.6 Å². The van der Waals surface area contributed by atoms with Crippen LogP contribution in [0.5, 0.6) is 0 Å². The highest BCUT2D eigenvalue weighted by molar-refractivity contribution is 7.14. The molecule has 3 aromatic rings. The van der Waals surface area contributed by atoms with Gasteiger partial charge in [-0.2, -0.15) is 0 Å². The van der Waals surface area contributed by atoms with Crippen LogP contribution in [0.15, 0.2) is 54.3 Å². The fraction of sp³-hybridized carbons (Fsp3) is 0.188. The number of hydrogen-bond acceptors (Lipinski definition) is 6. The molecule has 2 N–H and O–H groups in total. The lowest BCUT2D eigenvalue weighted by Gasteiger charge is -2.05. The molecule has 23 heavy (non-hydrogen) atoms. The van der Waals surface area contributed by atoms with Gasteiger partial charge in [0.25, 0.3) is 0 Å². The Morgan fingerprint density at radius 2 is 2.00 bits per heavy atom. The van der Waals surface area contributed by atoms with Crippen molar-refractivity contribution in [2.75, 3.05) is 25.0 Å². The molecule has 0 amide bonds. The first kappa shape index (κ1) is 15.4. The minimum absolute atomic E-state index is 0.0293. The van der Waals surface area contributed by atoms with E-state index in [0.717, 1.165) is 16.5 Å². The van der Waals surface area contributed by atoms with Crippen molar-refractivity contribution >= 4 is 22.4 Å². The molecule has 0 atom stereocenters. The largest absolute Gasteiger partial charge is 0.360 e. The van der Waals surface area contributed by atoms with Crippen LogP contribution in [0.2, 0.25) is 0 Å². The van der Waals surface area contributed by atoms with Gasteiger partial charge in [0.1, 0.15) is 5.69 Å². The quantitative estimate of drug-likeness (QED) is 0.652. The molecule has 0 saturated carbocycles. The number of nitrogens with one attached hydrogen (secondary N) is 2.